The minimum atomic E-state index is -0.582. The number of ether oxygens (including phenoxy) is 1. The zero-order valence-corrected chi connectivity index (χ0v) is 17.4. The van der Waals surface area contributed by atoms with Crippen LogP contribution in [-0.4, -0.2) is 41.6 Å². The van der Waals surface area contributed by atoms with Crippen molar-refractivity contribution in [1.29, 1.82) is 0 Å². The molecule has 2 aromatic carbocycles. The van der Waals surface area contributed by atoms with E-state index in [0.29, 0.717) is 36.8 Å². The zero-order chi connectivity index (χ0) is 21.8. The van der Waals surface area contributed by atoms with Gasteiger partial charge in [-0.3, -0.25) is 14.5 Å². The van der Waals surface area contributed by atoms with Crippen LogP contribution in [0.25, 0.3) is 0 Å². The molecule has 0 fully saturated rings. The van der Waals surface area contributed by atoms with Crippen LogP contribution in [0.1, 0.15) is 24.1 Å². The van der Waals surface area contributed by atoms with Gasteiger partial charge in [0.2, 0.25) is 0 Å². The van der Waals surface area contributed by atoms with E-state index < -0.39 is 6.04 Å². The molecule has 3 amide bonds. The third kappa shape index (κ3) is 4.18. The lowest BCUT2D eigenvalue weighted by atomic mass is 9.95. The van der Waals surface area contributed by atoms with Crippen molar-refractivity contribution in [1.82, 2.24) is 15.3 Å². The predicted molar refractivity (Wildman–Crippen MR) is 116 cm³/mol. The Hall–Kier alpha value is -3.58. The summed E-state index contributed by atoms with van der Waals surface area (Å²) in [5.41, 5.74) is 2.98. The van der Waals surface area contributed by atoms with Crippen LogP contribution >= 0.6 is 0 Å². The second kappa shape index (κ2) is 9.06. The first-order chi connectivity index (χ1) is 15.1. The Morgan fingerprint density at radius 1 is 1.16 bits per heavy atom. The zero-order valence-electron chi connectivity index (χ0n) is 17.4. The molecule has 0 bridgehead atoms. The van der Waals surface area contributed by atoms with E-state index in [4.69, 9.17) is 9.57 Å². The number of urea groups is 1. The summed E-state index contributed by atoms with van der Waals surface area (Å²) in [6.07, 6.45) is 1.64. The van der Waals surface area contributed by atoms with Crippen molar-refractivity contribution in [2.75, 3.05) is 19.7 Å². The summed E-state index contributed by atoms with van der Waals surface area (Å²) in [4.78, 5) is 32.9. The van der Waals surface area contributed by atoms with Crippen LogP contribution in [0.5, 0.6) is 5.75 Å². The van der Waals surface area contributed by atoms with Crippen molar-refractivity contribution in [3.05, 3.63) is 89.6 Å². The van der Waals surface area contributed by atoms with Crippen molar-refractivity contribution in [3.8, 4) is 5.75 Å². The second-order valence-corrected chi connectivity index (χ2v) is 7.25. The normalized spacial score (nSPS) is 18.2. The first-order valence-corrected chi connectivity index (χ1v) is 10.3. The van der Waals surface area contributed by atoms with Gasteiger partial charge in [0.1, 0.15) is 12.4 Å². The van der Waals surface area contributed by atoms with Gasteiger partial charge in [-0.15, -0.1) is 6.58 Å². The highest BCUT2D eigenvalue weighted by molar-refractivity contribution is 6.00. The van der Waals surface area contributed by atoms with Gasteiger partial charge >= 0.3 is 6.03 Å². The number of carbonyl (C=O) groups excluding carboxylic acids is 2. The molecule has 0 aliphatic carbocycles. The van der Waals surface area contributed by atoms with Crippen molar-refractivity contribution in [2.24, 2.45) is 0 Å². The van der Waals surface area contributed by atoms with Crippen LogP contribution < -0.4 is 10.1 Å². The molecular weight excluding hydrogens is 394 g/mol. The molecule has 2 aliphatic heterocycles. The Balaban J connectivity index is 1.63. The topological polar surface area (TPSA) is 71.1 Å². The molecular formula is C24H25N3O4. The van der Waals surface area contributed by atoms with Crippen LogP contribution in [0.4, 0.5) is 4.79 Å². The number of nitrogens with zero attached hydrogens (tertiary/aromatic N) is 2. The van der Waals surface area contributed by atoms with Gasteiger partial charge in [0.25, 0.3) is 5.91 Å². The molecule has 0 spiro atoms. The fourth-order valence-corrected chi connectivity index (χ4v) is 3.82. The van der Waals surface area contributed by atoms with Gasteiger partial charge in [-0.25, -0.2) is 9.86 Å². The van der Waals surface area contributed by atoms with Gasteiger partial charge < -0.3 is 10.1 Å². The monoisotopic (exact) mass is 419 g/mol. The molecule has 2 aliphatic rings. The number of rotatable bonds is 8. The van der Waals surface area contributed by atoms with Gasteiger partial charge in [-0.1, -0.05) is 48.5 Å². The average Bonchev–Trinajstić information content (AvgIpc) is 3.11. The third-order valence-corrected chi connectivity index (χ3v) is 5.23. The molecule has 1 N–H and O–H groups in total. The Bertz CT molecular complexity index is 1020. The maximum atomic E-state index is 13.1. The summed E-state index contributed by atoms with van der Waals surface area (Å²) in [6.45, 7) is 6.87. The summed E-state index contributed by atoms with van der Waals surface area (Å²) < 4.78 is 5.94. The quantitative estimate of drug-likeness (QED) is 0.664. The Kier molecular flexibility index (Phi) is 6.04. The number of nitrogens with one attached hydrogen (secondary N) is 1. The van der Waals surface area contributed by atoms with Crippen LogP contribution in [0.2, 0.25) is 0 Å². The predicted octanol–water partition coefficient (Wildman–Crippen LogP) is 3.57. The van der Waals surface area contributed by atoms with Gasteiger partial charge in [-0.05, 0) is 30.2 Å². The number of hydrogen-bond donors (Lipinski definition) is 1. The first-order valence-electron chi connectivity index (χ1n) is 10.3. The lowest BCUT2D eigenvalue weighted by Gasteiger charge is -2.33. The van der Waals surface area contributed by atoms with Gasteiger partial charge in [0.15, 0.2) is 0 Å². The third-order valence-electron chi connectivity index (χ3n) is 5.23. The van der Waals surface area contributed by atoms with Gasteiger partial charge in [-0.2, -0.15) is 0 Å². The van der Waals surface area contributed by atoms with Crippen molar-refractivity contribution in [3.63, 3.8) is 0 Å². The SMILES string of the molecule is C=CCN1C(=O)NC(c2cccc(OCc3ccccc3)c2)C2=C1CN(OCC)C2=O. The second-order valence-electron chi connectivity index (χ2n) is 7.25. The Morgan fingerprint density at radius 3 is 2.71 bits per heavy atom. The van der Waals surface area contributed by atoms with E-state index in [9.17, 15) is 9.59 Å². The molecule has 1 atom stereocenters. The molecule has 160 valence electrons. The molecule has 4 rings (SSSR count). The molecule has 31 heavy (non-hydrogen) atoms. The number of amides is 3. The number of benzene rings is 2. The number of carbonyl (C=O) groups is 2. The van der Waals surface area contributed by atoms with Gasteiger partial charge in [0, 0.05) is 6.54 Å². The van der Waals surface area contributed by atoms with Crippen molar-refractivity contribution in [2.45, 2.75) is 19.6 Å². The highest BCUT2D eigenvalue weighted by Crippen LogP contribution is 2.37. The van der Waals surface area contributed by atoms with Crippen LogP contribution in [0, 0.1) is 0 Å². The molecule has 0 radical (unpaired) electrons. The minimum Gasteiger partial charge on any atom is -0.489 e. The average molecular weight is 419 g/mol. The maximum absolute atomic E-state index is 13.1. The molecule has 7 nitrogen and oxygen atoms in total. The van der Waals surface area contributed by atoms with E-state index >= 15 is 0 Å². The van der Waals surface area contributed by atoms with Crippen LogP contribution in [0.3, 0.4) is 0 Å². The van der Waals surface area contributed by atoms with Crippen LogP contribution in [0.15, 0.2) is 78.5 Å². The largest absolute Gasteiger partial charge is 0.489 e. The molecule has 2 aromatic rings. The van der Waals surface area contributed by atoms with E-state index in [2.05, 4.69) is 11.9 Å². The van der Waals surface area contributed by atoms with Crippen LogP contribution in [-0.2, 0) is 16.2 Å². The van der Waals surface area contributed by atoms with E-state index in [-0.39, 0.29) is 18.5 Å². The number of hydrogen-bond acceptors (Lipinski definition) is 4. The molecule has 0 aromatic heterocycles. The molecule has 2 heterocycles. The Labute approximate surface area is 181 Å². The van der Waals surface area contributed by atoms with Crippen molar-refractivity contribution < 1.29 is 19.2 Å². The summed E-state index contributed by atoms with van der Waals surface area (Å²) >= 11 is 0. The summed E-state index contributed by atoms with van der Waals surface area (Å²) in [5, 5.41) is 4.27. The lowest BCUT2D eigenvalue weighted by Crippen LogP contribution is -2.47. The van der Waals surface area contributed by atoms with E-state index in [1.54, 1.807) is 6.08 Å². The van der Waals surface area contributed by atoms with E-state index in [1.807, 2.05) is 61.5 Å². The lowest BCUT2D eigenvalue weighted by molar-refractivity contribution is -0.174. The minimum absolute atomic E-state index is 0.226. The van der Waals surface area contributed by atoms with Crippen molar-refractivity contribution >= 4 is 11.9 Å². The molecule has 0 saturated heterocycles. The highest BCUT2D eigenvalue weighted by Gasteiger charge is 2.44. The first kappa shape index (κ1) is 20.7. The summed E-state index contributed by atoms with van der Waals surface area (Å²) in [6, 6.07) is 16.5. The standard InChI is InChI=1S/C24H25N3O4/c1-3-13-26-20-15-27(31-4-2)23(28)21(20)22(25-24(26)29)18-11-8-12-19(14-18)30-16-17-9-6-5-7-10-17/h3,5-12,14,22H,1,4,13,15-16H2,2H3,(H,25,29). The highest BCUT2D eigenvalue weighted by atomic mass is 16.7. The number of hydroxylamine groups is 2. The molecule has 7 heteroatoms. The fraction of sp³-hybridized carbons (Fsp3) is 0.250. The van der Waals surface area contributed by atoms with Gasteiger partial charge in [0.05, 0.1) is 30.5 Å². The summed E-state index contributed by atoms with van der Waals surface area (Å²) in [7, 11) is 0. The molecule has 0 saturated carbocycles. The van der Waals surface area contributed by atoms with E-state index in [1.165, 1.54) is 9.96 Å². The molecule has 1 unspecified atom stereocenters. The van der Waals surface area contributed by atoms with E-state index in [0.717, 1.165) is 11.1 Å². The maximum Gasteiger partial charge on any atom is 0.322 e. The fourth-order valence-electron chi connectivity index (χ4n) is 3.82. The summed E-state index contributed by atoms with van der Waals surface area (Å²) in [5.74, 6) is 0.421. The smallest absolute Gasteiger partial charge is 0.322 e. The Morgan fingerprint density at radius 2 is 1.97 bits per heavy atom.